The summed E-state index contributed by atoms with van der Waals surface area (Å²) in [5, 5.41) is 9.36. The molecular formula is C17H18N2O2. The summed E-state index contributed by atoms with van der Waals surface area (Å²) in [6, 6.07) is 11.6. The average Bonchev–Trinajstić information content (AvgIpc) is 2.82. The van der Waals surface area contributed by atoms with Crippen molar-refractivity contribution in [2.45, 2.75) is 26.8 Å². The van der Waals surface area contributed by atoms with E-state index in [0.717, 1.165) is 23.2 Å². The number of nitrogens with zero attached hydrogens (tertiary/aromatic N) is 2. The molecule has 2 aromatic rings. The number of carbonyl (C=O) groups is 1. The number of nitriles is 1. The van der Waals surface area contributed by atoms with Gasteiger partial charge in [-0.25, -0.2) is 4.79 Å². The van der Waals surface area contributed by atoms with Gasteiger partial charge in [-0.05, 0) is 42.7 Å². The first kappa shape index (κ1) is 14.9. The summed E-state index contributed by atoms with van der Waals surface area (Å²) in [5.41, 5.74) is 4.29. The van der Waals surface area contributed by atoms with Gasteiger partial charge in [0.25, 0.3) is 0 Å². The van der Waals surface area contributed by atoms with Gasteiger partial charge in [0.1, 0.15) is 11.8 Å². The minimum atomic E-state index is -0.351. The lowest BCUT2D eigenvalue weighted by Gasteiger charge is -2.09. The van der Waals surface area contributed by atoms with Gasteiger partial charge in [-0.2, -0.15) is 5.26 Å². The number of ether oxygens (including phenoxy) is 1. The maximum absolute atomic E-state index is 11.6. The van der Waals surface area contributed by atoms with Crippen molar-refractivity contribution in [2.24, 2.45) is 0 Å². The number of methoxy groups -OCH3 is 1. The molecule has 2 rings (SSSR count). The predicted octanol–water partition coefficient (Wildman–Crippen LogP) is 3.07. The molecule has 1 heterocycles. The number of rotatable bonds is 4. The van der Waals surface area contributed by atoms with Gasteiger partial charge in [-0.1, -0.05) is 19.1 Å². The Bertz CT molecular complexity index is 708. The number of aryl methyl sites for hydroxylation is 2. The lowest BCUT2D eigenvalue weighted by molar-refractivity contribution is 0.0600. The second-order valence-electron chi connectivity index (χ2n) is 4.90. The Morgan fingerprint density at radius 1 is 1.38 bits per heavy atom. The summed E-state index contributed by atoms with van der Waals surface area (Å²) < 4.78 is 6.71. The molecule has 0 N–H and O–H groups in total. The standard InChI is InChI=1S/C17H18N2O2/c1-4-14-8-12(2)19(16(14)10-18)11-13-6-5-7-15(9-13)17(20)21-3/h5-9H,4,11H2,1-3H3. The summed E-state index contributed by atoms with van der Waals surface area (Å²) >= 11 is 0. The minimum absolute atomic E-state index is 0.351. The Hall–Kier alpha value is -2.54. The molecule has 0 unspecified atom stereocenters. The SMILES string of the molecule is CCc1cc(C)n(Cc2cccc(C(=O)OC)c2)c1C#N. The van der Waals surface area contributed by atoms with E-state index < -0.39 is 0 Å². The third-order valence-corrected chi connectivity index (χ3v) is 3.56. The maximum atomic E-state index is 11.6. The molecule has 0 atom stereocenters. The van der Waals surface area contributed by atoms with Crippen LogP contribution in [0.1, 0.15) is 39.8 Å². The van der Waals surface area contributed by atoms with Crippen molar-refractivity contribution in [1.82, 2.24) is 4.57 Å². The van der Waals surface area contributed by atoms with Gasteiger partial charge in [0.2, 0.25) is 0 Å². The molecule has 0 radical (unpaired) electrons. The van der Waals surface area contributed by atoms with Crippen molar-refractivity contribution in [2.75, 3.05) is 7.11 Å². The molecule has 0 aliphatic rings. The highest BCUT2D eigenvalue weighted by molar-refractivity contribution is 5.89. The molecule has 4 heteroatoms. The first-order chi connectivity index (χ1) is 10.1. The van der Waals surface area contributed by atoms with E-state index in [9.17, 15) is 10.1 Å². The molecule has 4 nitrogen and oxygen atoms in total. The van der Waals surface area contributed by atoms with Crippen LogP contribution >= 0.6 is 0 Å². The second-order valence-corrected chi connectivity index (χ2v) is 4.90. The minimum Gasteiger partial charge on any atom is -0.465 e. The fourth-order valence-corrected chi connectivity index (χ4v) is 2.45. The van der Waals surface area contributed by atoms with Gasteiger partial charge in [0, 0.05) is 12.2 Å². The van der Waals surface area contributed by atoms with Crippen molar-refractivity contribution < 1.29 is 9.53 Å². The molecule has 0 spiro atoms. The van der Waals surface area contributed by atoms with E-state index in [1.807, 2.05) is 36.6 Å². The van der Waals surface area contributed by atoms with Gasteiger partial charge in [-0.15, -0.1) is 0 Å². The highest BCUT2D eigenvalue weighted by Crippen LogP contribution is 2.18. The molecule has 21 heavy (non-hydrogen) atoms. The summed E-state index contributed by atoms with van der Waals surface area (Å²) in [4.78, 5) is 11.6. The number of esters is 1. The number of hydrogen-bond donors (Lipinski definition) is 0. The molecule has 0 fully saturated rings. The Balaban J connectivity index is 2.37. The first-order valence-corrected chi connectivity index (χ1v) is 6.87. The van der Waals surface area contributed by atoms with E-state index in [4.69, 9.17) is 4.74 Å². The van der Waals surface area contributed by atoms with Crippen LogP contribution in [0.25, 0.3) is 0 Å². The van der Waals surface area contributed by atoms with Crippen molar-refractivity contribution in [3.05, 3.63) is 58.4 Å². The zero-order valence-electron chi connectivity index (χ0n) is 12.5. The molecule has 0 saturated heterocycles. The molecule has 0 saturated carbocycles. The molecule has 0 amide bonds. The third-order valence-electron chi connectivity index (χ3n) is 3.56. The fraction of sp³-hybridized carbons (Fsp3) is 0.294. The van der Waals surface area contributed by atoms with Crippen molar-refractivity contribution in [3.8, 4) is 6.07 Å². The van der Waals surface area contributed by atoms with Crippen LogP contribution in [-0.2, 0) is 17.7 Å². The quantitative estimate of drug-likeness (QED) is 0.810. The lowest BCUT2D eigenvalue weighted by Crippen LogP contribution is -2.07. The van der Waals surface area contributed by atoms with Gasteiger partial charge in [0.15, 0.2) is 0 Å². The third kappa shape index (κ3) is 2.97. The molecule has 1 aromatic heterocycles. The van der Waals surface area contributed by atoms with Crippen molar-refractivity contribution in [3.63, 3.8) is 0 Å². The van der Waals surface area contributed by atoms with Crippen LogP contribution in [0.15, 0.2) is 30.3 Å². The monoisotopic (exact) mass is 282 g/mol. The second kappa shape index (κ2) is 6.27. The molecule has 108 valence electrons. The van der Waals surface area contributed by atoms with Gasteiger partial charge in [0.05, 0.1) is 12.7 Å². The van der Waals surface area contributed by atoms with Crippen LogP contribution in [0, 0.1) is 18.3 Å². The summed E-state index contributed by atoms with van der Waals surface area (Å²) in [7, 11) is 1.37. The maximum Gasteiger partial charge on any atom is 0.337 e. The smallest absolute Gasteiger partial charge is 0.337 e. The molecule has 0 bridgehead atoms. The number of carbonyl (C=O) groups excluding carboxylic acids is 1. The topological polar surface area (TPSA) is 55.0 Å². The van der Waals surface area contributed by atoms with E-state index in [0.29, 0.717) is 17.8 Å². The summed E-state index contributed by atoms with van der Waals surface area (Å²) in [6.45, 7) is 4.60. The Morgan fingerprint density at radius 2 is 2.14 bits per heavy atom. The molecule has 1 aromatic carbocycles. The van der Waals surface area contributed by atoms with E-state index in [1.165, 1.54) is 7.11 Å². The molecule has 0 aliphatic heterocycles. The molecule has 0 aliphatic carbocycles. The zero-order valence-corrected chi connectivity index (χ0v) is 12.5. The van der Waals surface area contributed by atoms with E-state index in [-0.39, 0.29) is 5.97 Å². The lowest BCUT2D eigenvalue weighted by atomic mass is 10.1. The zero-order chi connectivity index (χ0) is 15.4. The van der Waals surface area contributed by atoms with E-state index in [2.05, 4.69) is 6.07 Å². The van der Waals surface area contributed by atoms with Crippen LogP contribution in [0.3, 0.4) is 0 Å². The van der Waals surface area contributed by atoms with E-state index >= 15 is 0 Å². The predicted molar refractivity (Wildman–Crippen MR) is 80.1 cm³/mol. The molecular weight excluding hydrogens is 264 g/mol. The van der Waals surface area contributed by atoms with E-state index in [1.54, 1.807) is 12.1 Å². The normalized spacial score (nSPS) is 10.2. The van der Waals surface area contributed by atoms with Gasteiger partial charge in [-0.3, -0.25) is 0 Å². The van der Waals surface area contributed by atoms with Crippen molar-refractivity contribution >= 4 is 5.97 Å². The number of benzene rings is 1. The van der Waals surface area contributed by atoms with Crippen LogP contribution < -0.4 is 0 Å². The number of hydrogen-bond acceptors (Lipinski definition) is 3. The average molecular weight is 282 g/mol. The van der Waals surface area contributed by atoms with Crippen LogP contribution in [0.4, 0.5) is 0 Å². The van der Waals surface area contributed by atoms with Gasteiger partial charge >= 0.3 is 5.97 Å². The van der Waals surface area contributed by atoms with Gasteiger partial charge < -0.3 is 9.30 Å². The van der Waals surface area contributed by atoms with Crippen LogP contribution in [0.2, 0.25) is 0 Å². The fourth-order valence-electron chi connectivity index (χ4n) is 2.45. The largest absolute Gasteiger partial charge is 0.465 e. The summed E-state index contributed by atoms with van der Waals surface area (Å²) in [5.74, 6) is -0.351. The van der Waals surface area contributed by atoms with Crippen LogP contribution in [-0.4, -0.2) is 17.6 Å². The highest BCUT2D eigenvalue weighted by atomic mass is 16.5. The summed E-state index contributed by atoms with van der Waals surface area (Å²) in [6.07, 6.45) is 0.832. The highest BCUT2D eigenvalue weighted by Gasteiger charge is 2.12. The Kier molecular flexibility index (Phi) is 4.44. The Morgan fingerprint density at radius 3 is 2.76 bits per heavy atom. The van der Waals surface area contributed by atoms with Crippen molar-refractivity contribution in [1.29, 1.82) is 5.26 Å². The number of aromatic nitrogens is 1. The van der Waals surface area contributed by atoms with Crippen LogP contribution in [0.5, 0.6) is 0 Å². The Labute approximate surface area is 124 Å². The first-order valence-electron chi connectivity index (χ1n) is 6.87.